The Bertz CT molecular complexity index is 722. The molecule has 2 aromatic rings. The van der Waals surface area contributed by atoms with Crippen molar-refractivity contribution in [1.29, 1.82) is 0 Å². The number of thiocarbonyl (C=S) groups is 1. The number of alkyl halides is 3. The predicted octanol–water partition coefficient (Wildman–Crippen LogP) is 3.54. The first-order chi connectivity index (χ1) is 10.7. The SMILES string of the molecule is Cc1nn(C)c(C)c1CNC(=S)Nc1cccc(C(F)(F)F)c1. The normalized spacial score (nSPS) is 11.4. The van der Waals surface area contributed by atoms with E-state index in [9.17, 15) is 13.2 Å². The van der Waals surface area contributed by atoms with Gasteiger partial charge in [0.2, 0.25) is 0 Å². The Morgan fingerprint density at radius 2 is 2.00 bits per heavy atom. The van der Waals surface area contributed by atoms with Gasteiger partial charge in [0.15, 0.2) is 5.11 Å². The molecule has 0 amide bonds. The predicted molar refractivity (Wildman–Crippen MR) is 87.2 cm³/mol. The Hall–Kier alpha value is -2.09. The molecule has 0 unspecified atom stereocenters. The summed E-state index contributed by atoms with van der Waals surface area (Å²) in [6.45, 7) is 4.30. The van der Waals surface area contributed by atoms with Gasteiger partial charge in [-0.25, -0.2) is 0 Å². The lowest BCUT2D eigenvalue weighted by Crippen LogP contribution is -2.28. The zero-order chi connectivity index (χ0) is 17.2. The van der Waals surface area contributed by atoms with Gasteiger partial charge in [0.05, 0.1) is 11.3 Å². The minimum Gasteiger partial charge on any atom is -0.358 e. The van der Waals surface area contributed by atoms with Crippen LogP contribution in [0.25, 0.3) is 0 Å². The maximum absolute atomic E-state index is 12.7. The van der Waals surface area contributed by atoms with Crippen LogP contribution in [0.2, 0.25) is 0 Å². The van der Waals surface area contributed by atoms with Gasteiger partial charge in [0.1, 0.15) is 0 Å². The van der Waals surface area contributed by atoms with Crippen LogP contribution in [0.4, 0.5) is 18.9 Å². The van der Waals surface area contributed by atoms with E-state index in [2.05, 4.69) is 15.7 Å². The molecule has 4 nitrogen and oxygen atoms in total. The maximum Gasteiger partial charge on any atom is 0.416 e. The van der Waals surface area contributed by atoms with Crippen LogP contribution in [-0.4, -0.2) is 14.9 Å². The van der Waals surface area contributed by atoms with Gasteiger partial charge in [-0.15, -0.1) is 0 Å². The van der Waals surface area contributed by atoms with Crippen molar-refractivity contribution in [2.45, 2.75) is 26.6 Å². The van der Waals surface area contributed by atoms with Gasteiger partial charge >= 0.3 is 6.18 Å². The number of aromatic nitrogens is 2. The third-order valence-electron chi connectivity index (χ3n) is 3.53. The molecule has 1 aromatic heterocycles. The van der Waals surface area contributed by atoms with Gasteiger partial charge in [-0.3, -0.25) is 4.68 Å². The second kappa shape index (κ2) is 6.57. The van der Waals surface area contributed by atoms with E-state index >= 15 is 0 Å². The molecular formula is C15H17F3N4S. The van der Waals surface area contributed by atoms with Crippen molar-refractivity contribution >= 4 is 23.0 Å². The number of hydrogen-bond acceptors (Lipinski definition) is 2. The zero-order valence-electron chi connectivity index (χ0n) is 13.0. The summed E-state index contributed by atoms with van der Waals surface area (Å²) in [6.07, 6.45) is -4.38. The quantitative estimate of drug-likeness (QED) is 0.837. The summed E-state index contributed by atoms with van der Waals surface area (Å²) in [4.78, 5) is 0. The summed E-state index contributed by atoms with van der Waals surface area (Å²) < 4.78 is 39.8. The molecule has 2 N–H and O–H groups in total. The number of halogens is 3. The monoisotopic (exact) mass is 342 g/mol. The smallest absolute Gasteiger partial charge is 0.358 e. The number of aryl methyl sites for hydroxylation is 2. The molecule has 1 aromatic carbocycles. The van der Waals surface area contributed by atoms with Crippen molar-refractivity contribution in [3.63, 3.8) is 0 Å². The average Bonchev–Trinajstić information content (AvgIpc) is 2.69. The highest BCUT2D eigenvalue weighted by molar-refractivity contribution is 7.80. The van der Waals surface area contributed by atoms with Crippen molar-refractivity contribution in [2.75, 3.05) is 5.32 Å². The lowest BCUT2D eigenvalue weighted by atomic mass is 10.2. The van der Waals surface area contributed by atoms with E-state index in [1.165, 1.54) is 12.1 Å². The summed E-state index contributed by atoms with van der Waals surface area (Å²) in [7, 11) is 1.85. The topological polar surface area (TPSA) is 41.9 Å². The van der Waals surface area contributed by atoms with E-state index in [4.69, 9.17) is 12.2 Å². The van der Waals surface area contributed by atoms with E-state index in [0.717, 1.165) is 29.1 Å². The molecule has 2 rings (SSSR count). The number of nitrogens with one attached hydrogen (secondary N) is 2. The fourth-order valence-corrected chi connectivity index (χ4v) is 2.38. The largest absolute Gasteiger partial charge is 0.416 e. The fourth-order valence-electron chi connectivity index (χ4n) is 2.19. The van der Waals surface area contributed by atoms with Crippen molar-refractivity contribution in [1.82, 2.24) is 15.1 Å². The van der Waals surface area contributed by atoms with Crippen LogP contribution in [0.3, 0.4) is 0 Å². The van der Waals surface area contributed by atoms with Crippen LogP contribution in [0.15, 0.2) is 24.3 Å². The standard InChI is InChI=1S/C15H17F3N4S/c1-9-13(10(2)22(3)21-9)8-19-14(23)20-12-6-4-5-11(7-12)15(16,17)18/h4-7H,8H2,1-3H3,(H2,19,20,23). The lowest BCUT2D eigenvalue weighted by molar-refractivity contribution is -0.137. The van der Waals surface area contributed by atoms with Crippen molar-refractivity contribution < 1.29 is 13.2 Å². The highest BCUT2D eigenvalue weighted by Gasteiger charge is 2.30. The summed E-state index contributed by atoms with van der Waals surface area (Å²) >= 11 is 5.13. The van der Waals surface area contributed by atoms with E-state index in [1.54, 1.807) is 4.68 Å². The number of nitrogens with zero attached hydrogens (tertiary/aromatic N) is 2. The molecule has 124 valence electrons. The molecule has 0 bridgehead atoms. The number of benzene rings is 1. The van der Waals surface area contributed by atoms with Crippen LogP contribution in [0.1, 0.15) is 22.5 Å². The summed E-state index contributed by atoms with van der Waals surface area (Å²) in [5.74, 6) is 0. The molecule has 0 fully saturated rings. The first-order valence-corrected chi connectivity index (χ1v) is 7.30. The van der Waals surface area contributed by atoms with Gasteiger partial charge in [-0.05, 0) is 44.3 Å². The fraction of sp³-hybridized carbons (Fsp3) is 0.333. The molecule has 0 radical (unpaired) electrons. The Morgan fingerprint density at radius 1 is 1.30 bits per heavy atom. The molecule has 1 heterocycles. The molecule has 0 atom stereocenters. The number of anilines is 1. The molecule has 0 aliphatic heterocycles. The Balaban J connectivity index is 2.00. The summed E-state index contributed by atoms with van der Waals surface area (Å²) in [5, 5.41) is 10.3. The first-order valence-electron chi connectivity index (χ1n) is 6.89. The third-order valence-corrected chi connectivity index (χ3v) is 3.78. The summed E-state index contributed by atoms with van der Waals surface area (Å²) in [5.41, 5.74) is 2.48. The van der Waals surface area contributed by atoms with Crippen LogP contribution in [0, 0.1) is 13.8 Å². The van der Waals surface area contributed by atoms with Crippen molar-refractivity contribution in [3.05, 3.63) is 46.8 Å². The Kier molecular flexibility index (Phi) is 4.93. The van der Waals surface area contributed by atoms with Crippen LogP contribution in [-0.2, 0) is 19.8 Å². The van der Waals surface area contributed by atoms with Gasteiger partial charge < -0.3 is 10.6 Å². The maximum atomic E-state index is 12.7. The highest BCUT2D eigenvalue weighted by Crippen LogP contribution is 2.30. The van der Waals surface area contributed by atoms with Crippen molar-refractivity contribution in [3.8, 4) is 0 Å². The molecule has 8 heteroatoms. The minimum atomic E-state index is -4.38. The number of hydrogen-bond donors (Lipinski definition) is 2. The first kappa shape index (κ1) is 17.3. The van der Waals surface area contributed by atoms with Crippen LogP contribution < -0.4 is 10.6 Å². The third kappa shape index (κ3) is 4.22. The van der Waals surface area contributed by atoms with Crippen LogP contribution >= 0.6 is 12.2 Å². The molecular weight excluding hydrogens is 325 g/mol. The second-order valence-electron chi connectivity index (χ2n) is 5.16. The van der Waals surface area contributed by atoms with Gasteiger partial charge in [0, 0.05) is 30.5 Å². The molecule has 0 saturated heterocycles. The van der Waals surface area contributed by atoms with Crippen molar-refractivity contribution in [2.24, 2.45) is 7.05 Å². The molecule has 0 aliphatic carbocycles. The van der Waals surface area contributed by atoms with Gasteiger partial charge in [0.25, 0.3) is 0 Å². The molecule has 23 heavy (non-hydrogen) atoms. The zero-order valence-corrected chi connectivity index (χ0v) is 13.8. The van der Waals surface area contributed by atoms with E-state index in [0.29, 0.717) is 6.54 Å². The number of rotatable bonds is 3. The average molecular weight is 342 g/mol. The minimum absolute atomic E-state index is 0.256. The van der Waals surface area contributed by atoms with Gasteiger partial charge in [-0.2, -0.15) is 18.3 Å². The van der Waals surface area contributed by atoms with E-state index < -0.39 is 11.7 Å². The molecule has 0 aliphatic rings. The van der Waals surface area contributed by atoms with E-state index in [-0.39, 0.29) is 10.8 Å². The second-order valence-corrected chi connectivity index (χ2v) is 5.57. The summed E-state index contributed by atoms with van der Waals surface area (Å²) in [6, 6.07) is 4.91. The van der Waals surface area contributed by atoms with E-state index in [1.807, 2.05) is 20.9 Å². The Morgan fingerprint density at radius 3 is 2.57 bits per heavy atom. The van der Waals surface area contributed by atoms with Crippen LogP contribution in [0.5, 0.6) is 0 Å². The lowest BCUT2D eigenvalue weighted by Gasteiger charge is -2.13. The molecule has 0 spiro atoms. The molecule has 0 saturated carbocycles. The highest BCUT2D eigenvalue weighted by atomic mass is 32.1. The van der Waals surface area contributed by atoms with Gasteiger partial charge in [-0.1, -0.05) is 6.07 Å². The Labute approximate surface area is 137 Å².